The van der Waals surface area contributed by atoms with E-state index in [1.165, 1.54) is 6.26 Å². The van der Waals surface area contributed by atoms with Crippen molar-refractivity contribution < 1.29 is 9.21 Å². The van der Waals surface area contributed by atoms with Crippen LogP contribution in [0.3, 0.4) is 0 Å². The average molecular weight is 335 g/mol. The number of halogens is 1. The first kappa shape index (κ1) is 13.4. The largest absolute Gasteiger partial charge is 0.467 e. The third-order valence-corrected chi connectivity index (χ3v) is 4.09. The van der Waals surface area contributed by atoms with Crippen molar-refractivity contribution in [2.24, 2.45) is 5.73 Å². The summed E-state index contributed by atoms with van der Waals surface area (Å²) >= 11 is 3.46. The lowest BCUT2D eigenvalue weighted by atomic mass is 10.0. The summed E-state index contributed by atoms with van der Waals surface area (Å²) in [6.45, 7) is 0.296. The van der Waals surface area contributed by atoms with Crippen molar-refractivity contribution in [1.82, 2.24) is 5.32 Å². The first-order chi connectivity index (χ1) is 9.63. The molecular weight excluding hydrogens is 320 g/mol. The van der Waals surface area contributed by atoms with Crippen LogP contribution in [0.15, 0.2) is 45.5 Å². The fourth-order valence-corrected chi connectivity index (χ4v) is 2.69. The summed E-state index contributed by atoms with van der Waals surface area (Å²) in [7, 11) is 0. The second kappa shape index (κ2) is 5.07. The predicted molar refractivity (Wildman–Crippen MR) is 79.1 cm³/mol. The van der Waals surface area contributed by atoms with Gasteiger partial charge in [-0.15, -0.1) is 0 Å². The zero-order chi connectivity index (χ0) is 14.2. The molecule has 0 spiro atoms. The molecule has 5 heteroatoms. The fraction of sp³-hybridized carbons (Fsp3) is 0.267. The zero-order valence-electron chi connectivity index (χ0n) is 10.9. The number of carbonyl (C=O) groups excluding carboxylic acids is 1. The van der Waals surface area contributed by atoms with Gasteiger partial charge >= 0.3 is 0 Å². The molecule has 2 aromatic rings. The van der Waals surface area contributed by atoms with Crippen LogP contribution in [0, 0.1) is 0 Å². The van der Waals surface area contributed by atoms with E-state index in [4.69, 9.17) is 10.2 Å². The molecule has 4 nitrogen and oxygen atoms in total. The highest BCUT2D eigenvalue weighted by Crippen LogP contribution is 2.46. The van der Waals surface area contributed by atoms with Gasteiger partial charge in [-0.1, -0.05) is 28.1 Å². The molecule has 0 aliphatic heterocycles. The van der Waals surface area contributed by atoms with Crippen molar-refractivity contribution in [1.29, 1.82) is 0 Å². The number of hydrogen-bond acceptors (Lipinski definition) is 3. The minimum atomic E-state index is -0.235. The Morgan fingerprint density at radius 2 is 2.20 bits per heavy atom. The molecule has 0 atom stereocenters. The predicted octanol–water partition coefficient (Wildman–Crippen LogP) is 2.92. The Hall–Kier alpha value is -1.59. The molecule has 20 heavy (non-hydrogen) atoms. The van der Waals surface area contributed by atoms with E-state index in [9.17, 15) is 4.79 Å². The molecule has 1 heterocycles. The van der Waals surface area contributed by atoms with Crippen LogP contribution in [-0.2, 0) is 12.1 Å². The van der Waals surface area contributed by atoms with Crippen molar-refractivity contribution in [3.63, 3.8) is 0 Å². The van der Waals surface area contributed by atoms with E-state index in [-0.39, 0.29) is 11.4 Å². The summed E-state index contributed by atoms with van der Waals surface area (Å²) in [5.74, 6) is 0.494. The number of amides is 1. The van der Waals surface area contributed by atoms with Crippen molar-refractivity contribution in [3.8, 4) is 0 Å². The summed E-state index contributed by atoms with van der Waals surface area (Å²) in [6.07, 6.45) is 3.36. The monoisotopic (exact) mass is 334 g/mol. The third kappa shape index (κ3) is 2.51. The Kier molecular flexibility index (Phi) is 3.40. The van der Waals surface area contributed by atoms with E-state index in [0.29, 0.717) is 17.9 Å². The molecule has 1 fully saturated rings. The topological polar surface area (TPSA) is 68.3 Å². The normalized spacial score (nSPS) is 15.9. The highest BCUT2D eigenvalue weighted by atomic mass is 79.9. The standard InChI is InChI=1S/C15H15BrN2O2/c16-12-3-1-2-11(7-12)15(4-5-15)18-14(19)10-6-13(8-17)20-9-10/h1-3,6-7,9H,4-5,8,17H2,(H,18,19). The van der Waals surface area contributed by atoms with E-state index < -0.39 is 0 Å². The van der Waals surface area contributed by atoms with Gasteiger partial charge in [0.05, 0.1) is 17.6 Å². The van der Waals surface area contributed by atoms with Crippen LogP contribution in [0.5, 0.6) is 0 Å². The van der Waals surface area contributed by atoms with E-state index >= 15 is 0 Å². The van der Waals surface area contributed by atoms with Crippen LogP contribution in [-0.4, -0.2) is 5.91 Å². The zero-order valence-corrected chi connectivity index (χ0v) is 12.4. The number of benzene rings is 1. The van der Waals surface area contributed by atoms with E-state index in [1.54, 1.807) is 6.07 Å². The van der Waals surface area contributed by atoms with E-state index in [2.05, 4.69) is 21.2 Å². The van der Waals surface area contributed by atoms with Gasteiger partial charge in [0.15, 0.2) is 0 Å². The van der Waals surface area contributed by atoms with Gasteiger partial charge in [0.2, 0.25) is 0 Å². The van der Waals surface area contributed by atoms with Gasteiger partial charge in [-0.05, 0) is 36.6 Å². The summed E-state index contributed by atoms with van der Waals surface area (Å²) in [6, 6.07) is 9.74. The van der Waals surface area contributed by atoms with Crippen molar-refractivity contribution in [3.05, 3.63) is 58.0 Å². The maximum absolute atomic E-state index is 12.3. The molecule has 1 aliphatic rings. The molecule has 104 valence electrons. The summed E-state index contributed by atoms with van der Waals surface area (Å²) in [5, 5.41) is 3.10. The number of nitrogens with one attached hydrogen (secondary N) is 1. The van der Waals surface area contributed by atoms with Crippen molar-refractivity contribution in [2.45, 2.75) is 24.9 Å². The molecule has 3 rings (SSSR count). The van der Waals surface area contributed by atoms with Crippen LogP contribution in [0.25, 0.3) is 0 Å². The lowest BCUT2D eigenvalue weighted by Crippen LogP contribution is -2.34. The Morgan fingerprint density at radius 3 is 2.80 bits per heavy atom. The van der Waals surface area contributed by atoms with Gasteiger partial charge < -0.3 is 15.5 Å². The van der Waals surface area contributed by atoms with Gasteiger partial charge in [-0.3, -0.25) is 4.79 Å². The second-order valence-electron chi connectivity index (χ2n) is 5.05. The first-order valence-electron chi connectivity index (χ1n) is 6.49. The SMILES string of the molecule is NCc1cc(C(=O)NC2(c3cccc(Br)c3)CC2)co1. The molecule has 0 unspecified atom stereocenters. The molecule has 1 aromatic carbocycles. The quantitative estimate of drug-likeness (QED) is 0.903. The van der Waals surface area contributed by atoms with Gasteiger partial charge in [-0.2, -0.15) is 0 Å². The minimum absolute atomic E-state index is 0.120. The van der Waals surface area contributed by atoms with Crippen LogP contribution in [0.1, 0.15) is 34.5 Å². The average Bonchev–Trinajstić information content (AvgIpc) is 3.06. The molecule has 1 aromatic heterocycles. The number of hydrogen-bond donors (Lipinski definition) is 2. The fourth-order valence-electron chi connectivity index (χ4n) is 2.29. The Labute approximate surface area is 125 Å². The lowest BCUT2D eigenvalue weighted by molar-refractivity contribution is 0.0930. The molecule has 1 saturated carbocycles. The molecule has 3 N–H and O–H groups in total. The second-order valence-corrected chi connectivity index (χ2v) is 5.97. The maximum atomic E-state index is 12.3. The lowest BCUT2D eigenvalue weighted by Gasteiger charge is -2.17. The Bertz CT molecular complexity index is 647. The first-order valence-corrected chi connectivity index (χ1v) is 7.28. The molecular formula is C15H15BrN2O2. The number of nitrogens with two attached hydrogens (primary N) is 1. The molecule has 0 radical (unpaired) electrons. The number of carbonyl (C=O) groups is 1. The minimum Gasteiger partial charge on any atom is -0.467 e. The Morgan fingerprint density at radius 1 is 1.40 bits per heavy atom. The Balaban J connectivity index is 1.78. The third-order valence-electron chi connectivity index (χ3n) is 3.60. The molecule has 0 bridgehead atoms. The molecule has 1 aliphatic carbocycles. The molecule has 0 saturated heterocycles. The van der Waals surface area contributed by atoms with Gasteiger partial charge in [0, 0.05) is 4.47 Å². The smallest absolute Gasteiger partial charge is 0.255 e. The van der Waals surface area contributed by atoms with Crippen LogP contribution >= 0.6 is 15.9 Å². The van der Waals surface area contributed by atoms with Crippen LogP contribution < -0.4 is 11.1 Å². The van der Waals surface area contributed by atoms with E-state index in [0.717, 1.165) is 22.9 Å². The van der Waals surface area contributed by atoms with Crippen molar-refractivity contribution >= 4 is 21.8 Å². The van der Waals surface area contributed by atoms with Crippen molar-refractivity contribution in [2.75, 3.05) is 0 Å². The number of furan rings is 1. The highest BCUT2D eigenvalue weighted by Gasteiger charge is 2.45. The molecule has 1 amide bonds. The maximum Gasteiger partial charge on any atom is 0.255 e. The van der Waals surface area contributed by atoms with Crippen LogP contribution in [0.4, 0.5) is 0 Å². The summed E-state index contributed by atoms with van der Waals surface area (Å²) in [4.78, 5) is 12.3. The summed E-state index contributed by atoms with van der Waals surface area (Å²) in [5.41, 5.74) is 6.89. The van der Waals surface area contributed by atoms with Gasteiger partial charge in [0.25, 0.3) is 5.91 Å². The van der Waals surface area contributed by atoms with Gasteiger partial charge in [0.1, 0.15) is 12.0 Å². The highest BCUT2D eigenvalue weighted by molar-refractivity contribution is 9.10. The van der Waals surface area contributed by atoms with Crippen LogP contribution in [0.2, 0.25) is 0 Å². The van der Waals surface area contributed by atoms with E-state index in [1.807, 2.05) is 24.3 Å². The van der Waals surface area contributed by atoms with Gasteiger partial charge in [-0.25, -0.2) is 0 Å². The number of rotatable bonds is 4. The summed E-state index contributed by atoms with van der Waals surface area (Å²) < 4.78 is 6.22.